The Morgan fingerprint density at radius 1 is 1.17 bits per heavy atom. The average Bonchev–Trinajstić information content (AvgIpc) is 3.10. The molecule has 6 heteroatoms. The van der Waals surface area contributed by atoms with E-state index in [4.69, 9.17) is 10.5 Å². The highest BCUT2D eigenvalue weighted by Gasteiger charge is 2.05. The summed E-state index contributed by atoms with van der Waals surface area (Å²) in [4.78, 5) is 8.94. The highest BCUT2D eigenvalue weighted by molar-refractivity contribution is 7.13. The predicted octanol–water partition coefficient (Wildman–Crippen LogP) is 3.75. The van der Waals surface area contributed by atoms with Gasteiger partial charge < -0.3 is 15.8 Å². The van der Waals surface area contributed by atoms with E-state index < -0.39 is 0 Å². The molecule has 122 valence electrons. The Kier molecular flexibility index (Phi) is 5.08. The van der Waals surface area contributed by atoms with Gasteiger partial charge >= 0.3 is 0 Å². The van der Waals surface area contributed by atoms with Crippen molar-refractivity contribution in [1.29, 1.82) is 0 Å². The van der Waals surface area contributed by atoms with E-state index in [0.29, 0.717) is 12.5 Å². The number of ether oxygens (including phenoxy) is 1. The van der Waals surface area contributed by atoms with Gasteiger partial charge in [0.25, 0.3) is 0 Å². The van der Waals surface area contributed by atoms with Crippen LogP contribution in [-0.2, 0) is 6.54 Å². The Morgan fingerprint density at radius 3 is 2.71 bits per heavy atom. The second kappa shape index (κ2) is 7.61. The molecule has 0 radical (unpaired) electrons. The second-order valence-corrected chi connectivity index (χ2v) is 5.89. The Labute approximate surface area is 144 Å². The molecule has 0 amide bonds. The molecule has 3 aromatic rings. The number of aromatic nitrogens is 1. The van der Waals surface area contributed by atoms with Gasteiger partial charge in [0.1, 0.15) is 10.8 Å². The van der Waals surface area contributed by atoms with Gasteiger partial charge in [-0.25, -0.2) is 9.98 Å². The average molecular weight is 338 g/mol. The van der Waals surface area contributed by atoms with Gasteiger partial charge in [-0.3, -0.25) is 0 Å². The first-order valence-electron chi connectivity index (χ1n) is 7.46. The molecular weight excluding hydrogens is 320 g/mol. The summed E-state index contributed by atoms with van der Waals surface area (Å²) in [7, 11) is 1.62. The van der Waals surface area contributed by atoms with Crippen LogP contribution in [-0.4, -0.2) is 18.1 Å². The van der Waals surface area contributed by atoms with Crippen LogP contribution in [0.15, 0.2) is 65.0 Å². The maximum absolute atomic E-state index is 5.95. The highest BCUT2D eigenvalue weighted by Crippen LogP contribution is 2.24. The van der Waals surface area contributed by atoms with E-state index in [9.17, 15) is 0 Å². The molecule has 0 saturated carbocycles. The van der Waals surface area contributed by atoms with Crippen molar-refractivity contribution in [2.45, 2.75) is 6.54 Å². The molecule has 0 aliphatic rings. The second-order valence-electron chi connectivity index (χ2n) is 5.04. The molecule has 0 bridgehead atoms. The quantitative estimate of drug-likeness (QED) is 0.549. The Balaban J connectivity index is 1.66. The zero-order valence-corrected chi connectivity index (χ0v) is 14.1. The summed E-state index contributed by atoms with van der Waals surface area (Å²) < 4.78 is 5.28. The number of aliphatic imine (C=N–C) groups is 1. The minimum atomic E-state index is 0.328. The summed E-state index contributed by atoms with van der Waals surface area (Å²) in [6, 6.07) is 17.6. The number of rotatable bonds is 5. The summed E-state index contributed by atoms with van der Waals surface area (Å²) in [5, 5.41) is 6.03. The van der Waals surface area contributed by atoms with Crippen LogP contribution >= 0.6 is 11.3 Å². The molecule has 5 nitrogen and oxygen atoms in total. The SMILES string of the molecule is COc1ccccc1NC(N)=NCc1csc(-c2ccccc2)n1. The Morgan fingerprint density at radius 2 is 1.92 bits per heavy atom. The lowest BCUT2D eigenvalue weighted by Crippen LogP contribution is -2.22. The highest BCUT2D eigenvalue weighted by atomic mass is 32.1. The third-order valence-electron chi connectivity index (χ3n) is 3.35. The number of thiazole rings is 1. The molecule has 0 saturated heterocycles. The third kappa shape index (κ3) is 3.91. The summed E-state index contributed by atoms with van der Waals surface area (Å²) in [5.74, 6) is 1.05. The van der Waals surface area contributed by atoms with Crippen molar-refractivity contribution in [1.82, 2.24) is 4.98 Å². The van der Waals surface area contributed by atoms with Crippen molar-refractivity contribution >= 4 is 23.0 Å². The lowest BCUT2D eigenvalue weighted by Gasteiger charge is -2.09. The monoisotopic (exact) mass is 338 g/mol. The molecule has 0 spiro atoms. The van der Waals surface area contributed by atoms with Gasteiger partial charge in [0.15, 0.2) is 5.96 Å². The first-order chi connectivity index (χ1) is 11.8. The van der Waals surface area contributed by atoms with Crippen molar-refractivity contribution in [2.24, 2.45) is 10.7 Å². The van der Waals surface area contributed by atoms with E-state index in [1.807, 2.05) is 60.0 Å². The third-order valence-corrected chi connectivity index (χ3v) is 4.29. The predicted molar refractivity (Wildman–Crippen MR) is 99.5 cm³/mol. The molecule has 2 aromatic carbocycles. The number of guanidine groups is 1. The smallest absolute Gasteiger partial charge is 0.193 e. The van der Waals surface area contributed by atoms with Crippen LogP contribution in [0.3, 0.4) is 0 Å². The van der Waals surface area contributed by atoms with Gasteiger partial charge in [-0.2, -0.15) is 0 Å². The van der Waals surface area contributed by atoms with Crippen molar-refractivity contribution < 1.29 is 4.74 Å². The molecule has 0 fully saturated rings. The van der Waals surface area contributed by atoms with Gasteiger partial charge in [-0.15, -0.1) is 11.3 Å². The van der Waals surface area contributed by atoms with Crippen LogP contribution in [0.1, 0.15) is 5.69 Å². The minimum absolute atomic E-state index is 0.328. The molecular formula is C18H18N4OS. The van der Waals surface area contributed by atoms with Gasteiger partial charge in [0, 0.05) is 10.9 Å². The lowest BCUT2D eigenvalue weighted by atomic mass is 10.2. The number of benzene rings is 2. The van der Waals surface area contributed by atoms with Crippen molar-refractivity contribution in [2.75, 3.05) is 12.4 Å². The topological polar surface area (TPSA) is 72.5 Å². The summed E-state index contributed by atoms with van der Waals surface area (Å²) >= 11 is 1.60. The van der Waals surface area contributed by atoms with E-state index >= 15 is 0 Å². The Bertz CT molecular complexity index is 830. The number of nitrogens with zero attached hydrogens (tertiary/aromatic N) is 2. The molecule has 3 N–H and O–H groups in total. The maximum Gasteiger partial charge on any atom is 0.193 e. The van der Waals surface area contributed by atoms with Gasteiger partial charge in [-0.05, 0) is 12.1 Å². The maximum atomic E-state index is 5.95. The number of nitrogens with two attached hydrogens (primary N) is 1. The van der Waals surface area contributed by atoms with Crippen LogP contribution in [0.2, 0.25) is 0 Å². The first kappa shape index (κ1) is 16.0. The van der Waals surface area contributed by atoms with Gasteiger partial charge in [0.2, 0.25) is 0 Å². The van der Waals surface area contributed by atoms with Gasteiger partial charge in [0.05, 0.1) is 25.0 Å². The molecule has 0 aliphatic heterocycles. The number of hydrogen-bond donors (Lipinski definition) is 2. The van der Waals surface area contributed by atoms with Crippen LogP contribution in [0.5, 0.6) is 5.75 Å². The summed E-state index contributed by atoms with van der Waals surface area (Å²) in [5.41, 5.74) is 8.74. The van der Waals surface area contributed by atoms with Crippen molar-refractivity contribution in [3.8, 4) is 16.3 Å². The molecule has 0 aliphatic carbocycles. The van der Waals surface area contributed by atoms with E-state index in [1.54, 1.807) is 18.4 Å². The van der Waals surface area contributed by atoms with Crippen molar-refractivity contribution in [3.63, 3.8) is 0 Å². The fourth-order valence-corrected chi connectivity index (χ4v) is 3.00. The standard InChI is InChI=1S/C18H18N4OS/c1-23-16-10-6-5-9-15(16)22-18(19)20-11-14-12-24-17(21-14)13-7-3-2-4-8-13/h2-10,12H,11H2,1H3,(H3,19,20,22). The summed E-state index contributed by atoms with van der Waals surface area (Å²) in [6.45, 7) is 0.428. The van der Waals surface area contributed by atoms with Crippen LogP contribution in [0.4, 0.5) is 5.69 Å². The van der Waals surface area contributed by atoms with E-state index in [0.717, 1.165) is 27.7 Å². The number of nitrogens with one attached hydrogen (secondary N) is 1. The first-order valence-corrected chi connectivity index (χ1v) is 8.34. The molecule has 3 rings (SSSR count). The fourth-order valence-electron chi connectivity index (χ4n) is 2.18. The van der Waals surface area contributed by atoms with E-state index in [-0.39, 0.29) is 0 Å². The number of anilines is 1. The van der Waals surface area contributed by atoms with Crippen LogP contribution in [0, 0.1) is 0 Å². The normalized spacial score (nSPS) is 11.3. The molecule has 24 heavy (non-hydrogen) atoms. The molecule has 1 aromatic heterocycles. The number of hydrogen-bond acceptors (Lipinski definition) is 4. The zero-order chi connectivity index (χ0) is 16.8. The van der Waals surface area contributed by atoms with Gasteiger partial charge in [-0.1, -0.05) is 42.5 Å². The molecule has 1 heterocycles. The Hall–Kier alpha value is -2.86. The van der Waals surface area contributed by atoms with Crippen LogP contribution < -0.4 is 15.8 Å². The van der Waals surface area contributed by atoms with E-state index in [2.05, 4.69) is 15.3 Å². The zero-order valence-electron chi connectivity index (χ0n) is 13.3. The lowest BCUT2D eigenvalue weighted by molar-refractivity contribution is 0.417. The van der Waals surface area contributed by atoms with Crippen LogP contribution in [0.25, 0.3) is 10.6 Å². The summed E-state index contributed by atoms with van der Waals surface area (Å²) in [6.07, 6.45) is 0. The largest absolute Gasteiger partial charge is 0.495 e. The fraction of sp³-hybridized carbons (Fsp3) is 0.111. The molecule has 0 unspecified atom stereocenters. The van der Waals surface area contributed by atoms with E-state index in [1.165, 1.54) is 0 Å². The number of para-hydroxylation sites is 2. The van der Waals surface area contributed by atoms with Crippen molar-refractivity contribution in [3.05, 3.63) is 65.7 Å². The molecule has 0 atom stereocenters. The minimum Gasteiger partial charge on any atom is -0.495 e. The number of methoxy groups -OCH3 is 1.